The van der Waals surface area contributed by atoms with Gasteiger partial charge in [0, 0.05) is 32.9 Å². The summed E-state index contributed by atoms with van der Waals surface area (Å²) in [4.78, 5) is 4.79. The van der Waals surface area contributed by atoms with Gasteiger partial charge in [-0.2, -0.15) is 0 Å². The summed E-state index contributed by atoms with van der Waals surface area (Å²) in [6.07, 6.45) is 0. The standard InChI is InChI=1S/C28H22BrClN2OS/c1-18-2-12-25-27(14-18)34-28(32-25)20-5-10-24(11-6-20)31-16-21-15-22(29)7-13-26(21)33-17-19-3-8-23(30)9-4-19/h2-15,31H,16-17H2,1H3. The van der Waals surface area contributed by atoms with E-state index in [9.17, 15) is 0 Å². The largest absolute Gasteiger partial charge is 0.489 e. The lowest BCUT2D eigenvalue weighted by molar-refractivity contribution is 0.303. The van der Waals surface area contributed by atoms with Gasteiger partial charge in [0.15, 0.2) is 0 Å². The fraction of sp³-hybridized carbons (Fsp3) is 0.107. The summed E-state index contributed by atoms with van der Waals surface area (Å²) < 4.78 is 8.35. The zero-order valence-electron chi connectivity index (χ0n) is 18.5. The third-order valence-electron chi connectivity index (χ3n) is 5.49. The highest BCUT2D eigenvalue weighted by atomic mass is 79.9. The van der Waals surface area contributed by atoms with Crippen LogP contribution in [-0.4, -0.2) is 4.98 Å². The molecule has 0 saturated carbocycles. The summed E-state index contributed by atoms with van der Waals surface area (Å²) in [7, 11) is 0. The normalized spacial score (nSPS) is 11.0. The van der Waals surface area contributed by atoms with Crippen molar-refractivity contribution in [2.75, 3.05) is 5.32 Å². The fourth-order valence-electron chi connectivity index (χ4n) is 3.65. The number of hydrogen-bond acceptors (Lipinski definition) is 4. The molecule has 0 atom stereocenters. The van der Waals surface area contributed by atoms with Crippen LogP contribution in [0.15, 0.2) is 89.4 Å². The Morgan fingerprint density at radius 2 is 1.74 bits per heavy atom. The lowest BCUT2D eigenvalue weighted by Gasteiger charge is -2.14. The van der Waals surface area contributed by atoms with Crippen molar-refractivity contribution in [3.63, 3.8) is 0 Å². The number of aromatic nitrogens is 1. The molecule has 0 aliphatic rings. The van der Waals surface area contributed by atoms with Gasteiger partial charge in [-0.25, -0.2) is 4.98 Å². The molecule has 0 saturated heterocycles. The van der Waals surface area contributed by atoms with Gasteiger partial charge in [-0.15, -0.1) is 11.3 Å². The number of aryl methyl sites for hydroxylation is 1. The van der Waals surface area contributed by atoms with Crippen LogP contribution in [0.4, 0.5) is 5.69 Å². The summed E-state index contributed by atoms with van der Waals surface area (Å²) >= 11 is 11.3. The highest BCUT2D eigenvalue weighted by Gasteiger charge is 2.08. The molecular formula is C28H22BrClN2OS. The van der Waals surface area contributed by atoms with E-state index < -0.39 is 0 Å². The molecule has 0 radical (unpaired) electrons. The molecule has 3 nitrogen and oxygen atoms in total. The van der Waals surface area contributed by atoms with Crippen molar-refractivity contribution in [2.24, 2.45) is 0 Å². The molecule has 34 heavy (non-hydrogen) atoms. The van der Waals surface area contributed by atoms with Gasteiger partial charge in [-0.3, -0.25) is 0 Å². The minimum atomic E-state index is 0.488. The number of anilines is 1. The van der Waals surface area contributed by atoms with Crippen LogP contribution < -0.4 is 10.1 Å². The molecule has 0 fully saturated rings. The molecule has 4 aromatic carbocycles. The minimum absolute atomic E-state index is 0.488. The number of nitrogens with one attached hydrogen (secondary N) is 1. The van der Waals surface area contributed by atoms with Crippen molar-refractivity contribution in [1.82, 2.24) is 4.98 Å². The first kappa shape index (κ1) is 22.9. The molecule has 1 N–H and O–H groups in total. The third kappa shape index (κ3) is 5.44. The lowest BCUT2D eigenvalue weighted by Crippen LogP contribution is -2.04. The Balaban J connectivity index is 1.27. The third-order valence-corrected chi connectivity index (χ3v) is 7.30. The first-order valence-electron chi connectivity index (χ1n) is 10.9. The zero-order chi connectivity index (χ0) is 23.5. The van der Waals surface area contributed by atoms with E-state index in [1.54, 1.807) is 11.3 Å². The van der Waals surface area contributed by atoms with Gasteiger partial charge in [-0.05, 0) is 84.8 Å². The quantitative estimate of drug-likeness (QED) is 0.220. The van der Waals surface area contributed by atoms with Crippen molar-refractivity contribution in [2.45, 2.75) is 20.1 Å². The Kier molecular flexibility index (Phi) is 6.86. The van der Waals surface area contributed by atoms with Crippen LogP contribution in [0.3, 0.4) is 0 Å². The van der Waals surface area contributed by atoms with Crippen molar-refractivity contribution < 1.29 is 4.74 Å². The smallest absolute Gasteiger partial charge is 0.124 e. The number of ether oxygens (including phenoxy) is 1. The van der Waals surface area contributed by atoms with Gasteiger partial charge >= 0.3 is 0 Å². The molecule has 0 amide bonds. The molecule has 0 bridgehead atoms. The first-order valence-corrected chi connectivity index (χ1v) is 12.9. The number of rotatable bonds is 7. The van der Waals surface area contributed by atoms with Gasteiger partial charge in [0.25, 0.3) is 0 Å². The maximum absolute atomic E-state index is 6.11. The number of hydrogen-bond donors (Lipinski definition) is 1. The monoisotopic (exact) mass is 548 g/mol. The van der Waals surface area contributed by atoms with Crippen LogP contribution in [0.5, 0.6) is 5.75 Å². The van der Waals surface area contributed by atoms with Gasteiger partial charge in [0.05, 0.1) is 10.2 Å². The maximum atomic E-state index is 6.11. The molecule has 0 unspecified atom stereocenters. The number of halogens is 2. The van der Waals surface area contributed by atoms with Gasteiger partial charge in [0.1, 0.15) is 17.4 Å². The summed E-state index contributed by atoms with van der Waals surface area (Å²) in [5.74, 6) is 0.854. The van der Waals surface area contributed by atoms with Crippen LogP contribution in [0, 0.1) is 6.92 Å². The average molecular weight is 550 g/mol. The van der Waals surface area contributed by atoms with Gasteiger partial charge in [0.2, 0.25) is 0 Å². The SMILES string of the molecule is Cc1ccc2nc(-c3ccc(NCc4cc(Br)ccc4OCc4ccc(Cl)cc4)cc3)sc2c1. The summed E-state index contributed by atoms with van der Waals surface area (Å²) in [5, 5.41) is 5.27. The molecule has 1 heterocycles. The van der Waals surface area contributed by atoms with Crippen LogP contribution in [0.2, 0.25) is 5.02 Å². The lowest BCUT2D eigenvalue weighted by atomic mass is 10.1. The second-order valence-electron chi connectivity index (χ2n) is 8.09. The second-order valence-corrected chi connectivity index (χ2v) is 10.5. The minimum Gasteiger partial charge on any atom is -0.489 e. The second kappa shape index (κ2) is 10.2. The van der Waals surface area contributed by atoms with Crippen LogP contribution in [0.25, 0.3) is 20.8 Å². The number of benzene rings is 4. The Morgan fingerprint density at radius 3 is 2.53 bits per heavy atom. The van der Waals surface area contributed by atoms with Crippen LogP contribution >= 0.6 is 38.9 Å². The Morgan fingerprint density at radius 1 is 0.941 bits per heavy atom. The van der Waals surface area contributed by atoms with E-state index in [2.05, 4.69) is 76.7 Å². The average Bonchev–Trinajstić information content (AvgIpc) is 3.27. The molecule has 5 rings (SSSR count). The predicted octanol–water partition coefficient (Wildman–Crippen LogP) is 8.88. The van der Waals surface area contributed by atoms with E-state index in [1.807, 2.05) is 36.4 Å². The van der Waals surface area contributed by atoms with Crippen molar-refractivity contribution in [3.05, 3.63) is 111 Å². The number of fused-ring (bicyclic) bond motifs is 1. The van der Waals surface area contributed by atoms with Crippen molar-refractivity contribution in [1.29, 1.82) is 0 Å². The van der Waals surface area contributed by atoms with Crippen molar-refractivity contribution in [3.8, 4) is 16.3 Å². The summed E-state index contributed by atoms with van der Waals surface area (Å²) in [6.45, 7) is 3.25. The molecule has 5 aromatic rings. The van der Waals surface area contributed by atoms with Gasteiger partial charge < -0.3 is 10.1 Å². The fourth-order valence-corrected chi connectivity index (χ4v) is 5.26. The van der Waals surface area contributed by atoms with E-state index in [0.29, 0.717) is 13.2 Å². The van der Waals surface area contributed by atoms with E-state index in [4.69, 9.17) is 21.3 Å². The molecule has 0 spiro atoms. The molecule has 1 aromatic heterocycles. The van der Waals surface area contributed by atoms with Crippen LogP contribution in [-0.2, 0) is 13.2 Å². The predicted molar refractivity (Wildman–Crippen MR) is 147 cm³/mol. The summed E-state index contributed by atoms with van der Waals surface area (Å²) in [5.41, 5.74) is 6.63. The van der Waals surface area contributed by atoms with E-state index in [1.165, 1.54) is 10.3 Å². The molecule has 0 aliphatic carbocycles. The molecule has 170 valence electrons. The van der Waals surface area contributed by atoms with E-state index in [-0.39, 0.29) is 0 Å². The summed E-state index contributed by atoms with van der Waals surface area (Å²) in [6, 6.07) is 28.6. The van der Waals surface area contributed by atoms with E-state index in [0.717, 1.165) is 48.1 Å². The van der Waals surface area contributed by atoms with E-state index >= 15 is 0 Å². The van der Waals surface area contributed by atoms with Crippen molar-refractivity contribution >= 4 is 54.8 Å². The highest BCUT2D eigenvalue weighted by molar-refractivity contribution is 9.10. The number of thiazole rings is 1. The molecular weight excluding hydrogens is 528 g/mol. The highest BCUT2D eigenvalue weighted by Crippen LogP contribution is 2.32. The topological polar surface area (TPSA) is 34.2 Å². The zero-order valence-corrected chi connectivity index (χ0v) is 21.7. The van der Waals surface area contributed by atoms with Crippen LogP contribution in [0.1, 0.15) is 16.7 Å². The Bertz CT molecular complexity index is 1430. The Labute approximate surface area is 216 Å². The van der Waals surface area contributed by atoms with Gasteiger partial charge in [-0.1, -0.05) is 45.7 Å². The molecule has 6 heteroatoms. The first-order chi connectivity index (χ1) is 16.5. The molecule has 0 aliphatic heterocycles. The number of nitrogens with zero attached hydrogens (tertiary/aromatic N) is 1. The maximum Gasteiger partial charge on any atom is 0.124 e. The Hall–Kier alpha value is -2.86.